The molecule has 3 rings (SSSR count). The van der Waals surface area contributed by atoms with Crippen molar-refractivity contribution in [3.63, 3.8) is 0 Å². The molecule has 5 nitrogen and oxygen atoms in total. The zero-order chi connectivity index (χ0) is 17.8. The lowest BCUT2D eigenvalue weighted by Crippen LogP contribution is -2.52. The number of methoxy groups -OCH3 is 2. The predicted octanol–water partition coefficient (Wildman–Crippen LogP) is 3.04. The van der Waals surface area contributed by atoms with E-state index in [9.17, 15) is 4.79 Å². The van der Waals surface area contributed by atoms with E-state index in [1.54, 1.807) is 14.2 Å². The van der Waals surface area contributed by atoms with E-state index in [0.717, 1.165) is 32.1 Å². The van der Waals surface area contributed by atoms with Crippen molar-refractivity contribution in [1.29, 1.82) is 0 Å². The molecule has 2 fully saturated rings. The van der Waals surface area contributed by atoms with Crippen molar-refractivity contribution in [3.05, 3.63) is 23.8 Å². The summed E-state index contributed by atoms with van der Waals surface area (Å²) in [4.78, 5) is 17.5. The van der Waals surface area contributed by atoms with E-state index in [1.807, 2.05) is 23.1 Å². The summed E-state index contributed by atoms with van der Waals surface area (Å²) in [7, 11) is 3.17. The number of rotatable bonds is 4. The zero-order valence-corrected chi connectivity index (χ0v) is 15.7. The van der Waals surface area contributed by atoms with Gasteiger partial charge in [0, 0.05) is 32.2 Å². The molecule has 1 saturated carbocycles. The van der Waals surface area contributed by atoms with Crippen molar-refractivity contribution in [2.24, 2.45) is 5.92 Å². The first-order chi connectivity index (χ1) is 12.1. The van der Waals surface area contributed by atoms with Crippen molar-refractivity contribution in [3.8, 4) is 11.5 Å². The summed E-state index contributed by atoms with van der Waals surface area (Å²) in [6.45, 7) is 5.86. The van der Waals surface area contributed by atoms with Gasteiger partial charge in [-0.25, -0.2) is 0 Å². The topological polar surface area (TPSA) is 42.0 Å². The second-order valence-electron chi connectivity index (χ2n) is 7.29. The fourth-order valence-electron chi connectivity index (χ4n) is 4.25. The van der Waals surface area contributed by atoms with Gasteiger partial charge in [-0.3, -0.25) is 9.69 Å². The fraction of sp³-hybridized carbons (Fsp3) is 0.650. The van der Waals surface area contributed by atoms with E-state index in [1.165, 1.54) is 25.7 Å². The smallest absolute Gasteiger partial charge is 0.257 e. The highest BCUT2D eigenvalue weighted by atomic mass is 16.5. The largest absolute Gasteiger partial charge is 0.493 e. The van der Waals surface area contributed by atoms with Crippen LogP contribution in [0.25, 0.3) is 0 Å². The van der Waals surface area contributed by atoms with E-state index >= 15 is 0 Å². The number of ether oxygens (including phenoxy) is 2. The summed E-state index contributed by atoms with van der Waals surface area (Å²) in [5.74, 6) is 1.99. The Bertz CT molecular complexity index is 597. The molecule has 1 aliphatic carbocycles. The van der Waals surface area contributed by atoms with Crippen molar-refractivity contribution < 1.29 is 14.3 Å². The summed E-state index contributed by atoms with van der Waals surface area (Å²) >= 11 is 0. The van der Waals surface area contributed by atoms with Gasteiger partial charge >= 0.3 is 0 Å². The van der Waals surface area contributed by atoms with Crippen LogP contribution in [0, 0.1) is 5.92 Å². The van der Waals surface area contributed by atoms with Crippen LogP contribution in [0.15, 0.2) is 18.2 Å². The van der Waals surface area contributed by atoms with Crippen LogP contribution in [0.1, 0.15) is 43.0 Å². The van der Waals surface area contributed by atoms with Crippen LogP contribution in [0.2, 0.25) is 0 Å². The SMILES string of the molecule is COc1cccc(C(=O)N2CCN([C@H]3CCC[C@@H](C)C3)CC2)c1OC. The lowest BCUT2D eigenvalue weighted by atomic mass is 9.86. The van der Waals surface area contributed by atoms with Crippen molar-refractivity contribution in [2.45, 2.75) is 38.6 Å². The number of para-hydroxylation sites is 1. The second-order valence-corrected chi connectivity index (χ2v) is 7.29. The molecule has 0 spiro atoms. The summed E-state index contributed by atoms with van der Waals surface area (Å²) in [5, 5.41) is 0. The van der Waals surface area contributed by atoms with Gasteiger partial charge < -0.3 is 14.4 Å². The van der Waals surface area contributed by atoms with Crippen LogP contribution in [0.5, 0.6) is 11.5 Å². The van der Waals surface area contributed by atoms with E-state index in [0.29, 0.717) is 23.1 Å². The molecule has 1 saturated heterocycles. The van der Waals surface area contributed by atoms with Gasteiger partial charge in [-0.2, -0.15) is 0 Å². The molecular formula is C20H30N2O3. The Hall–Kier alpha value is -1.75. The third kappa shape index (κ3) is 3.92. The molecule has 5 heteroatoms. The number of hydrogen-bond acceptors (Lipinski definition) is 4. The Morgan fingerprint density at radius 3 is 2.48 bits per heavy atom. The van der Waals surface area contributed by atoms with Crippen molar-refractivity contribution in [1.82, 2.24) is 9.80 Å². The minimum Gasteiger partial charge on any atom is -0.493 e. The zero-order valence-electron chi connectivity index (χ0n) is 15.7. The van der Waals surface area contributed by atoms with Gasteiger partial charge in [-0.05, 0) is 30.9 Å². The Kier molecular flexibility index (Phi) is 5.84. The molecule has 0 N–H and O–H groups in total. The standard InChI is InChI=1S/C20H30N2O3/c1-15-6-4-7-16(14-15)21-10-12-22(13-11-21)20(23)17-8-5-9-18(24-2)19(17)25-3/h5,8-9,15-16H,4,6-7,10-14H2,1-3H3/t15-,16+/m1/s1. The van der Waals surface area contributed by atoms with Crippen molar-refractivity contribution >= 4 is 5.91 Å². The number of carbonyl (C=O) groups excluding carboxylic acids is 1. The third-order valence-corrected chi connectivity index (χ3v) is 5.66. The summed E-state index contributed by atoms with van der Waals surface area (Å²) in [6, 6.07) is 6.18. The molecule has 138 valence electrons. The average Bonchev–Trinajstić information content (AvgIpc) is 2.66. The molecule has 2 aliphatic rings. The van der Waals surface area contributed by atoms with Gasteiger partial charge in [0.05, 0.1) is 19.8 Å². The summed E-state index contributed by atoms with van der Waals surface area (Å²) < 4.78 is 10.7. The molecule has 0 radical (unpaired) electrons. The number of carbonyl (C=O) groups is 1. The molecule has 0 aromatic heterocycles. The van der Waals surface area contributed by atoms with Gasteiger partial charge in [0.1, 0.15) is 0 Å². The Morgan fingerprint density at radius 1 is 1.08 bits per heavy atom. The number of benzene rings is 1. The van der Waals surface area contributed by atoms with Gasteiger partial charge in [0.15, 0.2) is 11.5 Å². The predicted molar refractivity (Wildman–Crippen MR) is 98.4 cm³/mol. The minimum atomic E-state index is 0.0346. The number of hydrogen-bond donors (Lipinski definition) is 0. The highest BCUT2D eigenvalue weighted by molar-refractivity contribution is 5.97. The maximum atomic E-state index is 13.0. The molecule has 1 heterocycles. The monoisotopic (exact) mass is 346 g/mol. The maximum absolute atomic E-state index is 13.0. The Labute approximate surface area is 150 Å². The molecule has 1 aromatic carbocycles. The lowest BCUT2D eigenvalue weighted by Gasteiger charge is -2.42. The molecule has 1 aliphatic heterocycles. The van der Waals surface area contributed by atoms with Crippen LogP contribution in [-0.2, 0) is 0 Å². The summed E-state index contributed by atoms with van der Waals surface area (Å²) in [5.41, 5.74) is 0.585. The van der Waals surface area contributed by atoms with Crippen LogP contribution in [0.4, 0.5) is 0 Å². The first kappa shape index (κ1) is 18.1. The van der Waals surface area contributed by atoms with Gasteiger partial charge in [0.25, 0.3) is 5.91 Å². The minimum absolute atomic E-state index is 0.0346. The van der Waals surface area contributed by atoms with Crippen LogP contribution >= 0.6 is 0 Å². The first-order valence-electron chi connectivity index (χ1n) is 9.38. The van der Waals surface area contributed by atoms with Gasteiger partial charge in [-0.15, -0.1) is 0 Å². The number of piperazine rings is 1. The van der Waals surface area contributed by atoms with Crippen LogP contribution in [0.3, 0.4) is 0 Å². The van der Waals surface area contributed by atoms with Gasteiger partial charge in [0.2, 0.25) is 0 Å². The molecule has 25 heavy (non-hydrogen) atoms. The highest BCUT2D eigenvalue weighted by Crippen LogP contribution is 2.32. The van der Waals surface area contributed by atoms with Crippen LogP contribution < -0.4 is 9.47 Å². The maximum Gasteiger partial charge on any atom is 0.257 e. The highest BCUT2D eigenvalue weighted by Gasteiger charge is 2.30. The first-order valence-corrected chi connectivity index (χ1v) is 9.38. The van der Waals surface area contributed by atoms with Crippen molar-refractivity contribution in [2.75, 3.05) is 40.4 Å². The lowest BCUT2D eigenvalue weighted by molar-refractivity contribution is 0.0486. The summed E-state index contributed by atoms with van der Waals surface area (Å²) in [6.07, 6.45) is 5.32. The van der Waals surface area contributed by atoms with E-state index in [4.69, 9.17) is 9.47 Å². The average molecular weight is 346 g/mol. The molecule has 2 atom stereocenters. The fourth-order valence-corrected chi connectivity index (χ4v) is 4.25. The quantitative estimate of drug-likeness (QED) is 0.840. The molecule has 0 unspecified atom stereocenters. The van der Waals surface area contributed by atoms with E-state index in [-0.39, 0.29) is 5.91 Å². The van der Waals surface area contributed by atoms with E-state index < -0.39 is 0 Å². The Balaban J connectivity index is 1.64. The van der Waals surface area contributed by atoms with E-state index in [2.05, 4.69) is 11.8 Å². The molecular weight excluding hydrogens is 316 g/mol. The third-order valence-electron chi connectivity index (χ3n) is 5.66. The number of amides is 1. The number of nitrogens with zero attached hydrogens (tertiary/aromatic N) is 2. The van der Waals surface area contributed by atoms with Crippen LogP contribution in [-0.4, -0.2) is 62.1 Å². The Morgan fingerprint density at radius 2 is 1.84 bits per heavy atom. The molecule has 0 bridgehead atoms. The molecule has 1 aromatic rings. The normalized spacial score (nSPS) is 24.8. The molecule has 1 amide bonds. The van der Waals surface area contributed by atoms with Gasteiger partial charge in [-0.1, -0.05) is 25.8 Å². The second kappa shape index (κ2) is 8.09.